The van der Waals surface area contributed by atoms with Crippen molar-refractivity contribution < 1.29 is 19.1 Å². The van der Waals surface area contributed by atoms with E-state index in [1.807, 2.05) is 19.1 Å². The molecular formula is C24H26ClN5O4. The summed E-state index contributed by atoms with van der Waals surface area (Å²) in [7, 11) is 1.54. The van der Waals surface area contributed by atoms with Crippen molar-refractivity contribution in [2.24, 2.45) is 5.73 Å². The van der Waals surface area contributed by atoms with E-state index < -0.39 is 6.03 Å². The number of urea groups is 1. The van der Waals surface area contributed by atoms with Gasteiger partial charge in [-0.15, -0.1) is 0 Å². The van der Waals surface area contributed by atoms with E-state index in [9.17, 15) is 9.59 Å². The Morgan fingerprint density at radius 3 is 2.56 bits per heavy atom. The molecule has 3 amide bonds. The molecule has 0 spiro atoms. The van der Waals surface area contributed by atoms with Crippen LogP contribution in [0.2, 0.25) is 5.02 Å². The van der Waals surface area contributed by atoms with Crippen LogP contribution in [0.1, 0.15) is 21.6 Å². The fourth-order valence-corrected chi connectivity index (χ4v) is 3.09. The Bertz CT molecular complexity index is 1150. The number of hydrogen-bond acceptors (Lipinski definition) is 6. The zero-order valence-electron chi connectivity index (χ0n) is 18.9. The molecule has 0 atom stereocenters. The largest absolute Gasteiger partial charge is 0.490 e. The van der Waals surface area contributed by atoms with Crippen LogP contribution in [0.15, 0.2) is 54.7 Å². The molecule has 0 bridgehead atoms. The van der Waals surface area contributed by atoms with Gasteiger partial charge in [0.05, 0.1) is 5.69 Å². The second-order valence-corrected chi connectivity index (χ2v) is 7.65. The standard InChI is InChI=1S/C24H26ClN5O4/c1-15-11-20(22(13-19(15)25)33-10-8-26)30-24(32)29-14-16-3-5-17(6-4-16)34-18-7-9-28-21(12-18)23(31)27-2/h3-7,9,11-13H,8,10,14,26H2,1-2H3,(H,27,31)(H2,29,30,32). The van der Waals surface area contributed by atoms with Crippen molar-refractivity contribution in [1.29, 1.82) is 0 Å². The molecule has 0 unspecified atom stereocenters. The van der Waals surface area contributed by atoms with Crippen LogP contribution in [0.5, 0.6) is 17.2 Å². The van der Waals surface area contributed by atoms with Crippen LogP contribution < -0.4 is 31.2 Å². The molecule has 0 saturated heterocycles. The number of aromatic nitrogens is 1. The smallest absolute Gasteiger partial charge is 0.319 e. The fraction of sp³-hybridized carbons (Fsp3) is 0.208. The maximum absolute atomic E-state index is 12.4. The molecule has 0 aliphatic carbocycles. The van der Waals surface area contributed by atoms with Gasteiger partial charge in [0.25, 0.3) is 5.91 Å². The lowest BCUT2D eigenvalue weighted by molar-refractivity contribution is 0.0958. The van der Waals surface area contributed by atoms with E-state index in [1.54, 1.807) is 36.4 Å². The van der Waals surface area contributed by atoms with E-state index in [0.717, 1.165) is 11.1 Å². The summed E-state index contributed by atoms with van der Waals surface area (Å²) in [5, 5.41) is 8.65. The van der Waals surface area contributed by atoms with Crippen LogP contribution in [0.3, 0.4) is 0 Å². The molecule has 1 heterocycles. The first-order chi connectivity index (χ1) is 16.4. The molecule has 0 fully saturated rings. The molecule has 2 aromatic carbocycles. The van der Waals surface area contributed by atoms with E-state index >= 15 is 0 Å². The quantitative estimate of drug-likeness (QED) is 0.366. The van der Waals surface area contributed by atoms with Gasteiger partial charge in [0.15, 0.2) is 0 Å². The minimum absolute atomic E-state index is 0.263. The van der Waals surface area contributed by atoms with E-state index in [0.29, 0.717) is 47.7 Å². The highest BCUT2D eigenvalue weighted by atomic mass is 35.5. The number of pyridine rings is 1. The molecule has 3 aromatic rings. The second-order valence-electron chi connectivity index (χ2n) is 7.24. The predicted molar refractivity (Wildman–Crippen MR) is 131 cm³/mol. The molecule has 1 aromatic heterocycles. The summed E-state index contributed by atoms with van der Waals surface area (Å²) in [6.07, 6.45) is 1.51. The first-order valence-electron chi connectivity index (χ1n) is 10.5. The average Bonchev–Trinajstić information content (AvgIpc) is 2.84. The van der Waals surface area contributed by atoms with Crippen molar-refractivity contribution >= 4 is 29.2 Å². The molecule has 9 nitrogen and oxygen atoms in total. The molecule has 34 heavy (non-hydrogen) atoms. The summed E-state index contributed by atoms with van der Waals surface area (Å²) < 4.78 is 11.4. The number of nitrogens with zero attached hydrogens (tertiary/aromatic N) is 1. The Labute approximate surface area is 202 Å². The first-order valence-corrected chi connectivity index (χ1v) is 10.9. The summed E-state index contributed by atoms with van der Waals surface area (Å²) in [5.41, 5.74) is 7.95. The molecule has 3 rings (SSSR count). The zero-order chi connectivity index (χ0) is 24.5. The third-order valence-electron chi connectivity index (χ3n) is 4.69. The molecule has 0 saturated carbocycles. The van der Waals surface area contributed by atoms with E-state index in [4.69, 9.17) is 26.8 Å². The predicted octanol–water partition coefficient (Wildman–Crippen LogP) is 3.85. The van der Waals surface area contributed by atoms with Gasteiger partial charge in [-0.25, -0.2) is 4.79 Å². The van der Waals surface area contributed by atoms with E-state index in [1.165, 1.54) is 13.2 Å². The Balaban J connectivity index is 1.57. The third kappa shape index (κ3) is 6.84. The number of ether oxygens (including phenoxy) is 2. The van der Waals surface area contributed by atoms with Gasteiger partial charge in [-0.05, 0) is 42.3 Å². The molecule has 0 radical (unpaired) electrons. The molecule has 10 heteroatoms. The van der Waals surface area contributed by atoms with Crippen LogP contribution >= 0.6 is 11.6 Å². The number of amides is 3. The third-order valence-corrected chi connectivity index (χ3v) is 5.09. The number of nitrogens with one attached hydrogen (secondary N) is 3. The summed E-state index contributed by atoms with van der Waals surface area (Å²) in [6, 6.07) is 13.4. The van der Waals surface area contributed by atoms with Gasteiger partial charge in [-0.1, -0.05) is 23.7 Å². The Kier molecular flexibility index (Phi) is 8.66. The first kappa shape index (κ1) is 24.8. The number of nitrogens with two attached hydrogens (primary N) is 1. The van der Waals surface area contributed by atoms with Crippen LogP contribution in [-0.4, -0.2) is 37.1 Å². The lowest BCUT2D eigenvalue weighted by Crippen LogP contribution is -2.28. The molecular weight excluding hydrogens is 458 g/mol. The number of rotatable bonds is 9. The molecule has 0 aliphatic rings. The van der Waals surface area contributed by atoms with Gasteiger partial charge in [-0.3, -0.25) is 9.78 Å². The zero-order valence-corrected chi connectivity index (χ0v) is 19.6. The summed E-state index contributed by atoms with van der Waals surface area (Å²) in [5.74, 6) is 1.23. The summed E-state index contributed by atoms with van der Waals surface area (Å²) in [4.78, 5) is 28.2. The van der Waals surface area contributed by atoms with Gasteiger partial charge in [-0.2, -0.15) is 0 Å². The highest BCUT2D eigenvalue weighted by molar-refractivity contribution is 6.31. The van der Waals surface area contributed by atoms with E-state index in [2.05, 4.69) is 20.9 Å². The number of aryl methyl sites for hydroxylation is 1. The van der Waals surface area contributed by atoms with Crippen LogP contribution in [0.4, 0.5) is 10.5 Å². The normalized spacial score (nSPS) is 10.4. The van der Waals surface area contributed by atoms with Crippen molar-refractivity contribution in [3.8, 4) is 17.2 Å². The highest BCUT2D eigenvalue weighted by Crippen LogP contribution is 2.31. The van der Waals surface area contributed by atoms with E-state index in [-0.39, 0.29) is 11.6 Å². The van der Waals surface area contributed by atoms with Gasteiger partial charge in [0.1, 0.15) is 29.5 Å². The SMILES string of the molecule is CNC(=O)c1cc(Oc2ccc(CNC(=O)Nc3cc(C)c(Cl)cc3OCCN)cc2)ccn1. The Hall–Kier alpha value is -3.82. The van der Waals surface area contributed by atoms with Gasteiger partial charge in [0.2, 0.25) is 0 Å². The number of carbonyl (C=O) groups excluding carboxylic acids is 2. The van der Waals surface area contributed by atoms with Crippen molar-refractivity contribution in [1.82, 2.24) is 15.6 Å². The van der Waals surface area contributed by atoms with Crippen LogP contribution in [-0.2, 0) is 6.54 Å². The lowest BCUT2D eigenvalue weighted by Gasteiger charge is -2.15. The van der Waals surface area contributed by atoms with Crippen molar-refractivity contribution in [3.63, 3.8) is 0 Å². The van der Waals surface area contributed by atoms with Crippen molar-refractivity contribution in [2.75, 3.05) is 25.5 Å². The number of halogens is 1. The van der Waals surface area contributed by atoms with Gasteiger partial charge >= 0.3 is 6.03 Å². The topological polar surface area (TPSA) is 128 Å². The highest BCUT2D eigenvalue weighted by Gasteiger charge is 2.11. The van der Waals surface area contributed by atoms with Crippen LogP contribution in [0.25, 0.3) is 0 Å². The van der Waals surface area contributed by atoms with Crippen molar-refractivity contribution in [3.05, 3.63) is 76.6 Å². The minimum Gasteiger partial charge on any atom is -0.490 e. The second kappa shape index (κ2) is 11.9. The monoisotopic (exact) mass is 483 g/mol. The average molecular weight is 484 g/mol. The summed E-state index contributed by atoms with van der Waals surface area (Å²) in [6.45, 7) is 2.78. The molecule has 5 N–H and O–H groups in total. The Morgan fingerprint density at radius 2 is 1.85 bits per heavy atom. The Morgan fingerprint density at radius 1 is 1.09 bits per heavy atom. The minimum atomic E-state index is -0.391. The number of benzene rings is 2. The number of anilines is 1. The van der Waals surface area contributed by atoms with Crippen molar-refractivity contribution in [2.45, 2.75) is 13.5 Å². The molecule has 178 valence electrons. The van der Waals surface area contributed by atoms with Gasteiger partial charge in [0, 0.05) is 43.5 Å². The molecule has 0 aliphatic heterocycles. The summed E-state index contributed by atoms with van der Waals surface area (Å²) >= 11 is 6.16. The van der Waals surface area contributed by atoms with Gasteiger partial charge < -0.3 is 31.2 Å². The maximum atomic E-state index is 12.4. The fourth-order valence-electron chi connectivity index (χ4n) is 2.94. The lowest BCUT2D eigenvalue weighted by atomic mass is 10.2. The maximum Gasteiger partial charge on any atom is 0.319 e. The number of carbonyl (C=O) groups is 2. The number of hydrogen-bond donors (Lipinski definition) is 4. The van der Waals surface area contributed by atoms with Crippen LogP contribution in [0, 0.1) is 6.92 Å².